The minimum Gasteiger partial charge on any atom is -0.393 e. The predicted molar refractivity (Wildman–Crippen MR) is 60.4 cm³/mol. The predicted octanol–water partition coefficient (Wildman–Crippen LogP) is 1.56. The summed E-state index contributed by atoms with van der Waals surface area (Å²) in [6.07, 6.45) is 0.282. The van der Waals surface area contributed by atoms with Crippen molar-refractivity contribution < 1.29 is 9.90 Å². The number of amides is 1. The van der Waals surface area contributed by atoms with Crippen molar-refractivity contribution in [3.8, 4) is 0 Å². The van der Waals surface area contributed by atoms with Gasteiger partial charge in [-0.25, -0.2) is 0 Å². The summed E-state index contributed by atoms with van der Waals surface area (Å²) in [5.41, 5.74) is 0.198. The molecular weight excluding hydrogens is 190 g/mol. The van der Waals surface area contributed by atoms with Crippen LogP contribution in [-0.2, 0) is 4.79 Å². The molecule has 2 N–H and O–H groups in total. The topological polar surface area (TPSA) is 49.3 Å². The van der Waals surface area contributed by atoms with Gasteiger partial charge in [0, 0.05) is 12.5 Å². The maximum absolute atomic E-state index is 11.8. The molecule has 1 fully saturated rings. The van der Waals surface area contributed by atoms with Gasteiger partial charge in [0.1, 0.15) is 0 Å². The van der Waals surface area contributed by atoms with Gasteiger partial charge in [-0.05, 0) is 24.2 Å². The van der Waals surface area contributed by atoms with E-state index in [2.05, 4.69) is 33.0 Å². The highest BCUT2D eigenvalue weighted by Gasteiger charge is 2.68. The van der Waals surface area contributed by atoms with Gasteiger partial charge in [0.15, 0.2) is 0 Å². The van der Waals surface area contributed by atoms with Crippen molar-refractivity contribution in [1.29, 1.82) is 0 Å². The van der Waals surface area contributed by atoms with E-state index in [0.717, 1.165) is 0 Å². The van der Waals surface area contributed by atoms with Crippen molar-refractivity contribution in [3.05, 3.63) is 0 Å². The fourth-order valence-electron chi connectivity index (χ4n) is 2.36. The number of hydrogen-bond acceptors (Lipinski definition) is 2. The van der Waals surface area contributed by atoms with Gasteiger partial charge < -0.3 is 10.4 Å². The minimum absolute atomic E-state index is 0.0991. The second-order valence-corrected chi connectivity index (χ2v) is 5.81. The number of nitrogens with one attached hydrogen (secondary N) is 1. The Kier molecular flexibility index (Phi) is 3.15. The molecule has 0 aromatic carbocycles. The van der Waals surface area contributed by atoms with Crippen LogP contribution >= 0.6 is 0 Å². The zero-order chi connectivity index (χ0) is 11.9. The molecule has 1 aliphatic rings. The lowest BCUT2D eigenvalue weighted by Gasteiger charge is -2.07. The van der Waals surface area contributed by atoms with E-state index < -0.39 is 0 Å². The molecular formula is C12H23NO2. The largest absolute Gasteiger partial charge is 0.393 e. The lowest BCUT2D eigenvalue weighted by molar-refractivity contribution is -0.123. The molecule has 0 heterocycles. The summed E-state index contributed by atoms with van der Waals surface area (Å²) in [5, 5.41) is 12.0. The monoisotopic (exact) mass is 213 g/mol. The van der Waals surface area contributed by atoms with E-state index in [4.69, 9.17) is 5.11 Å². The number of aliphatic hydroxyl groups excluding tert-OH is 1. The standard InChI is InChI=1S/C12H23NO2/c1-8(14)6-7-13-10(15)9-11(2,3)12(9,4)5/h8-9,14H,6-7H2,1-5H3,(H,13,15). The molecule has 0 spiro atoms. The third-order valence-corrected chi connectivity index (χ3v) is 4.14. The first-order valence-corrected chi connectivity index (χ1v) is 5.67. The number of carbonyl (C=O) groups excluding carboxylic acids is 1. The molecule has 0 bridgehead atoms. The van der Waals surface area contributed by atoms with Crippen molar-refractivity contribution in [1.82, 2.24) is 5.32 Å². The van der Waals surface area contributed by atoms with Crippen LogP contribution in [0.3, 0.4) is 0 Å². The summed E-state index contributed by atoms with van der Waals surface area (Å²) in [7, 11) is 0. The smallest absolute Gasteiger partial charge is 0.224 e. The van der Waals surface area contributed by atoms with Crippen LogP contribution in [0, 0.1) is 16.7 Å². The molecule has 1 rings (SSSR count). The molecule has 1 saturated carbocycles. The van der Waals surface area contributed by atoms with E-state index in [-0.39, 0.29) is 28.8 Å². The highest BCUT2D eigenvalue weighted by Crippen LogP contribution is 2.68. The van der Waals surface area contributed by atoms with Gasteiger partial charge in [-0.2, -0.15) is 0 Å². The molecule has 15 heavy (non-hydrogen) atoms. The highest BCUT2D eigenvalue weighted by atomic mass is 16.3. The first-order chi connectivity index (χ1) is 6.71. The van der Waals surface area contributed by atoms with Crippen molar-refractivity contribution in [2.24, 2.45) is 16.7 Å². The van der Waals surface area contributed by atoms with Crippen molar-refractivity contribution in [2.45, 2.75) is 47.1 Å². The van der Waals surface area contributed by atoms with Gasteiger partial charge in [-0.15, -0.1) is 0 Å². The summed E-state index contributed by atoms with van der Waals surface area (Å²) in [4.78, 5) is 11.8. The Hall–Kier alpha value is -0.570. The number of rotatable bonds is 4. The molecule has 3 nitrogen and oxygen atoms in total. The van der Waals surface area contributed by atoms with E-state index in [1.54, 1.807) is 6.92 Å². The first-order valence-electron chi connectivity index (χ1n) is 5.67. The maximum Gasteiger partial charge on any atom is 0.224 e. The molecule has 1 amide bonds. The third-order valence-electron chi connectivity index (χ3n) is 4.14. The summed E-state index contributed by atoms with van der Waals surface area (Å²) in [6.45, 7) is 10.8. The number of carbonyl (C=O) groups is 1. The molecule has 88 valence electrons. The van der Waals surface area contributed by atoms with E-state index >= 15 is 0 Å². The highest BCUT2D eigenvalue weighted by molar-refractivity contribution is 5.84. The Morgan fingerprint density at radius 2 is 1.80 bits per heavy atom. The Balaban J connectivity index is 2.38. The summed E-state index contributed by atoms with van der Waals surface area (Å²) >= 11 is 0. The first kappa shape index (κ1) is 12.5. The van der Waals surface area contributed by atoms with Crippen LogP contribution in [-0.4, -0.2) is 23.7 Å². The molecule has 0 saturated heterocycles. The van der Waals surface area contributed by atoms with Crippen molar-refractivity contribution >= 4 is 5.91 Å². The summed E-state index contributed by atoms with van der Waals surface area (Å²) < 4.78 is 0. The molecule has 0 aromatic heterocycles. The normalized spacial score (nSPS) is 24.7. The van der Waals surface area contributed by atoms with E-state index in [9.17, 15) is 4.79 Å². The van der Waals surface area contributed by atoms with E-state index in [1.165, 1.54) is 0 Å². The van der Waals surface area contributed by atoms with Crippen LogP contribution in [0.1, 0.15) is 41.0 Å². The minimum atomic E-state index is -0.342. The lowest BCUT2D eigenvalue weighted by Crippen LogP contribution is -2.29. The van der Waals surface area contributed by atoms with Crippen LogP contribution in [0.2, 0.25) is 0 Å². The third kappa shape index (κ3) is 2.17. The van der Waals surface area contributed by atoms with Crippen LogP contribution in [0.5, 0.6) is 0 Å². The Morgan fingerprint density at radius 1 is 1.33 bits per heavy atom. The van der Waals surface area contributed by atoms with Crippen molar-refractivity contribution in [2.75, 3.05) is 6.54 Å². The summed E-state index contributed by atoms with van der Waals surface area (Å²) in [6, 6.07) is 0. The van der Waals surface area contributed by atoms with E-state index in [0.29, 0.717) is 13.0 Å². The van der Waals surface area contributed by atoms with E-state index in [1.807, 2.05) is 0 Å². The average Bonchev–Trinajstić information content (AvgIpc) is 2.41. The molecule has 1 atom stereocenters. The zero-order valence-corrected chi connectivity index (χ0v) is 10.4. The molecule has 1 unspecified atom stereocenters. The second-order valence-electron chi connectivity index (χ2n) is 5.81. The zero-order valence-electron chi connectivity index (χ0n) is 10.4. The average molecular weight is 213 g/mol. The fourth-order valence-corrected chi connectivity index (χ4v) is 2.36. The number of aliphatic hydroxyl groups is 1. The van der Waals surface area contributed by atoms with Gasteiger partial charge in [0.05, 0.1) is 6.10 Å². The van der Waals surface area contributed by atoms with Crippen LogP contribution in [0.25, 0.3) is 0 Å². The van der Waals surface area contributed by atoms with Crippen LogP contribution in [0.15, 0.2) is 0 Å². The van der Waals surface area contributed by atoms with Crippen LogP contribution in [0.4, 0.5) is 0 Å². The molecule has 3 heteroatoms. The van der Waals surface area contributed by atoms with Gasteiger partial charge in [-0.3, -0.25) is 4.79 Å². The van der Waals surface area contributed by atoms with Crippen LogP contribution < -0.4 is 5.32 Å². The SMILES string of the molecule is CC(O)CCNC(=O)C1C(C)(C)C1(C)C. The Bertz CT molecular complexity index is 242. The van der Waals surface area contributed by atoms with Gasteiger partial charge in [0.25, 0.3) is 0 Å². The molecule has 0 aromatic rings. The summed E-state index contributed by atoms with van der Waals surface area (Å²) in [5.74, 6) is 0.240. The number of hydrogen-bond donors (Lipinski definition) is 2. The van der Waals surface area contributed by atoms with Crippen molar-refractivity contribution in [3.63, 3.8) is 0 Å². The second kappa shape index (κ2) is 3.78. The molecule has 0 radical (unpaired) electrons. The Labute approximate surface area is 92.3 Å². The maximum atomic E-state index is 11.8. The molecule has 0 aliphatic heterocycles. The fraction of sp³-hybridized carbons (Fsp3) is 0.917. The lowest BCUT2D eigenvalue weighted by atomic mass is 10.0. The van der Waals surface area contributed by atoms with Gasteiger partial charge in [-0.1, -0.05) is 27.7 Å². The quantitative estimate of drug-likeness (QED) is 0.744. The van der Waals surface area contributed by atoms with Gasteiger partial charge >= 0.3 is 0 Å². The molecule has 1 aliphatic carbocycles. The van der Waals surface area contributed by atoms with Gasteiger partial charge in [0.2, 0.25) is 5.91 Å². The Morgan fingerprint density at radius 3 is 2.13 bits per heavy atom.